The fourth-order valence-corrected chi connectivity index (χ4v) is 3.78. The molecular formula is C18H22F2N2O3. The standard InChI is InChI=1S/C18H22F2N2O3/c19-17(20)8-6-14(10-17)18(24,13-4-2-1-3-5-13)16(23)25-11-15-7-9-21-12-22-15/h2,4,7,9,12-14,24H,1,3,5-6,8,10-11H2/t13?,14-,18+/m1/s1. The average molecular weight is 352 g/mol. The van der Waals surface area contributed by atoms with E-state index in [1.165, 1.54) is 12.5 Å². The third-order valence-corrected chi connectivity index (χ3v) is 5.17. The Labute approximate surface area is 145 Å². The van der Waals surface area contributed by atoms with Crippen LogP contribution in [0, 0.1) is 11.8 Å². The number of nitrogens with zero attached hydrogens (tertiary/aromatic N) is 2. The van der Waals surface area contributed by atoms with Crippen LogP contribution in [-0.2, 0) is 16.1 Å². The first-order valence-corrected chi connectivity index (χ1v) is 8.61. The van der Waals surface area contributed by atoms with Crippen LogP contribution in [-0.4, -0.2) is 32.6 Å². The van der Waals surface area contributed by atoms with Crippen molar-refractivity contribution in [1.29, 1.82) is 0 Å². The minimum atomic E-state index is -2.84. The Balaban J connectivity index is 1.79. The Morgan fingerprint density at radius 1 is 1.44 bits per heavy atom. The topological polar surface area (TPSA) is 72.3 Å². The van der Waals surface area contributed by atoms with Crippen LogP contribution in [0.3, 0.4) is 0 Å². The lowest BCUT2D eigenvalue weighted by Crippen LogP contribution is -2.52. The highest BCUT2D eigenvalue weighted by atomic mass is 19.3. The van der Waals surface area contributed by atoms with Gasteiger partial charge in [-0.05, 0) is 31.7 Å². The summed E-state index contributed by atoms with van der Waals surface area (Å²) in [5.41, 5.74) is -1.44. The van der Waals surface area contributed by atoms with Crippen LogP contribution in [0.4, 0.5) is 8.78 Å². The SMILES string of the molecule is O=C(OCc1ccncn1)[C@](O)(C1C=CCCC1)[C@@H]1CCC(F)(F)C1. The van der Waals surface area contributed by atoms with Gasteiger partial charge in [0.25, 0.3) is 0 Å². The van der Waals surface area contributed by atoms with Crippen LogP contribution >= 0.6 is 0 Å². The van der Waals surface area contributed by atoms with Crippen molar-refractivity contribution in [3.05, 3.63) is 36.4 Å². The number of ether oxygens (including phenoxy) is 1. The maximum absolute atomic E-state index is 13.7. The first-order valence-electron chi connectivity index (χ1n) is 8.61. The molecule has 3 atom stereocenters. The summed E-state index contributed by atoms with van der Waals surface area (Å²) in [6, 6.07) is 1.59. The molecule has 7 heteroatoms. The van der Waals surface area contributed by atoms with Gasteiger partial charge in [-0.15, -0.1) is 0 Å². The van der Waals surface area contributed by atoms with Gasteiger partial charge in [-0.2, -0.15) is 0 Å². The van der Waals surface area contributed by atoms with E-state index in [1.54, 1.807) is 12.1 Å². The summed E-state index contributed by atoms with van der Waals surface area (Å²) in [5.74, 6) is -5.00. The van der Waals surface area contributed by atoms with Gasteiger partial charge in [-0.3, -0.25) is 0 Å². The molecule has 5 nitrogen and oxygen atoms in total. The molecule has 0 saturated heterocycles. The molecule has 1 saturated carbocycles. The van der Waals surface area contributed by atoms with Crippen molar-refractivity contribution in [1.82, 2.24) is 9.97 Å². The van der Waals surface area contributed by atoms with E-state index in [9.17, 15) is 18.7 Å². The maximum atomic E-state index is 13.7. The summed E-state index contributed by atoms with van der Waals surface area (Å²) >= 11 is 0. The highest BCUT2D eigenvalue weighted by Crippen LogP contribution is 2.48. The normalized spacial score (nSPS) is 27.6. The number of hydrogen-bond donors (Lipinski definition) is 1. The average Bonchev–Trinajstić information content (AvgIpc) is 3.01. The van der Waals surface area contributed by atoms with Crippen LogP contribution in [0.25, 0.3) is 0 Å². The van der Waals surface area contributed by atoms with Crippen molar-refractivity contribution in [3.8, 4) is 0 Å². The number of allylic oxidation sites excluding steroid dienone is 1. The predicted octanol–water partition coefficient (Wildman–Crippen LogP) is 3.04. The van der Waals surface area contributed by atoms with Crippen LogP contribution in [0.1, 0.15) is 44.2 Å². The Bertz CT molecular complexity index is 638. The Morgan fingerprint density at radius 2 is 2.28 bits per heavy atom. The van der Waals surface area contributed by atoms with Crippen LogP contribution < -0.4 is 0 Å². The summed E-state index contributed by atoms with van der Waals surface area (Å²) in [5, 5.41) is 11.2. The zero-order chi connectivity index (χ0) is 17.9. The van der Waals surface area contributed by atoms with E-state index in [-0.39, 0.29) is 19.4 Å². The molecule has 0 spiro atoms. The molecule has 1 unspecified atom stereocenters. The van der Waals surface area contributed by atoms with Gasteiger partial charge in [0.15, 0.2) is 5.60 Å². The van der Waals surface area contributed by atoms with Crippen LogP contribution in [0.15, 0.2) is 30.7 Å². The van der Waals surface area contributed by atoms with E-state index in [4.69, 9.17) is 4.74 Å². The van der Waals surface area contributed by atoms with Gasteiger partial charge >= 0.3 is 5.97 Å². The van der Waals surface area contributed by atoms with Gasteiger partial charge < -0.3 is 9.84 Å². The zero-order valence-electron chi connectivity index (χ0n) is 13.9. The zero-order valence-corrected chi connectivity index (χ0v) is 13.9. The van der Waals surface area contributed by atoms with Crippen molar-refractivity contribution in [2.75, 3.05) is 0 Å². The minimum Gasteiger partial charge on any atom is -0.457 e. The third-order valence-electron chi connectivity index (χ3n) is 5.17. The third kappa shape index (κ3) is 3.86. The number of alkyl halides is 2. The van der Waals surface area contributed by atoms with E-state index in [2.05, 4.69) is 9.97 Å². The van der Waals surface area contributed by atoms with Crippen molar-refractivity contribution in [2.24, 2.45) is 11.8 Å². The first kappa shape index (κ1) is 17.9. The van der Waals surface area contributed by atoms with Gasteiger partial charge in [0.05, 0.1) is 5.69 Å². The Morgan fingerprint density at radius 3 is 2.88 bits per heavy atom. The van der Waals surface area contributed by atoms with E-state index in [0.29, 0.717) is 12.1 Å². The largest absolute Gasteiger partial charge is 0.457 e. The monoisotopic (exact) mass is 352 g/mol. The number of hydrogen-bond acceptors (Lipinski definition) is 5. The number of carbonyl (C=O) groups excluding carboxylic acids is 1. The second-order valence-corrected chi connectivity index (χ2v) is 6.86. The molecule has 0 bridgehead atoms. The molecule has 25 heavy (non-hydrogen) atoms. The predicted molar refractivity (Wildman–Crippen MR) is 85.5 cm³/mol. The second-order valence-electron chi connectivity index (χ2n) is 6.86. The highest BCUT2D eigenvalue weighted by molar-refractivity contribution is 5.80. The molecule has 1 fully saturated rings. The summed E-state index contributed by atoms with van der Waals surface area (Å²) < 4.78 is 32.7. The number of esters is 1. The summed E-state index contributed by atoms with van der Waals surface area (Å²) in [6.45, 7) is -0.122. The van der Waals surface area contributed by atoms with Gasteiger partial charge in [0, 0.05) is 30.9 Å². The Kier molecular flexibility index (Phi) is 5.13. The molecule has 0 radical (unpaired) electrons. The molecule has 2 aliphatic carbocycles. The number of carbonyl (C=O) groups is 1. The van der Waals surface area contributed by atoms with Crippen LogP contribution in [0.2, 0.25) is 0 Å². The Hall–Kier alpha value is -1.89. The molecule has 3 rings (SSSR count). The smallest absolute Gasteiger partial charge is 0.339 e. The second kappa shape index (κ2) is 7.15. The molecule has 0 aliphatic heterocycles. The lowest BCUT2D eigenvalue weighted by molar-refractivity contribution is -0.181. The molecule has 1 heterocycles. The summed E-state index contributed by atoms with van der Waals surface area (Å²) in [4.78, 5) is 20.5. The van der Waals surface area contributed by atoms with Gasteiger partial charge in [-0.25, -0.2) is 23.5 Å². The number of aliphatic hydroxyl groups is 1. The molecule has 1 aromatic rings. The van der Waals surface area contributed by atoms with Crippen molar-refractivity contribution >= 4 is 5.97 Å². The van der Waals surface area contributed by atoms with E-state index in [1.807, 2.05) is 6.08 Å². The fourth-order valence-electron chi connectivity index (χ4n) is 3.78. The molecule has 136 valence electrons. The summed E-state index contributed by atoms with van der Waals surface area (Å²) in [7, 11) is 0. The van der Waals surface area contributed by atoms with E-state index in [0.717, 1.165) is 12.8 Å². The molecule has 1 aromatic heterocycles. The molecular weight excluding hydrogens is 330 g/mol. The molecule has 1 N–H and O–H groups in total. The van der Waals surface area contributed by atoms with E-state index >= 15 is 0 Å². The van der Waals surface area contributed by atoms with E-state index < -0.39 is 35.7 Å². The molecule has 2 aliphatic rings. The lowest BCUT2D eigenvalue weighted by Gasteiger charge is -2.38. The van der Waals surface area contributed by atoms with Crippen molar-refractivity contribution < 1.29 is 23.4 Å². The minimum absolute atomic E-state index is 0.108. The van der Waals surface area contributed by atoms with Crippen LogP contribution in [0.5, 0.6) is 0 Å². The van der Waals surface area contributed by atoms with Gasteiger partial charge in [0.2, 0.25) is 5.92 Å². The molecule has 0 aromatic carbocycles. The first-order chi connectivity index (χ1) is 11.9. The quantitative estimate of drug-likeness (QED) is 0.651. The number of aromatic nitrogens is 2. The number of halogens is 2. The number of rotatable bonds is 5. The van der Waals surface area contributed by atoms with Crippen molar-refractivity contribution in [2.45, 2.75) is 56.7 Å². The summed E-state index contributed by atoms with van der Waals surface area (Å²) in [6.07, 6.45) is 8.08. The van der Waals surface area contributed by atoms with Gasteiger partial charge in [0.1, 0.15) is 12.9 Å². The lowest BCUT2D eigenvalue weighted by atomic mass is 9.72. The molecule has 0 amide bonds. The fraction of sp³-hybridized carbons (Fsp3) is 0.611. The highest BCUT2D eigenvalue weighted by Gasteiger charge is 2.56. The maximum Gasteiger partial charge on any atom is 0.339 e. The van der Waals surface area contributed by atoms with Gasteiger partial charge in [-0.1, -0.05) is 12.2 Å². The van der Waals surface area contributed by atoms with Crippen molar-refractivity contribution in [3.63, 3.8) is 0 Å².